The zero-order valence-corrected chi connectivity index (χ0v) is 11.7. The first kappa shape index (κ1) is 12.6. The van der Waals surface area contributed by atoms with Gasteiger partial charge in [0.05, 0.1) is 10.4 Å². The number of hydrogen-bond acceptors (Lipinski definition) is 2. The minimum absolute atomic E-state index is 0.151. The van der Waals surface area contributed by atoms with Gasteiger partial charge in [0.15, 0.2) is 0 Å². The van der Waals surface area contributed by atoms with E-state index in [0.717, 1.165) is 32.4 Å². The second-order valence-corrected chi connectivity index (χ2v) is 6.03. The number of carbonyl (C=O) groups is 1. The SMILES string of the molecule is NC(=S)C1(C(=O)N2CCC(c3ccccc3)C2)CC1. The average molecular weight is 274 g/mol. The maximum Gasteiger partial charge on any atom is 0.235 e. The molecular weight excluding hydrogens is 256 g/mol. The van der Waals surface area contributed by atoms with Crippen molar-refractivity contribution in [2.75, 3.05) is 13.1 Å². The van der Waals surface area contributed by atoms with Crippen LogP contribution in [0.3, 0.4) is 0 Å². The fourth-order valence-electron chi connectivity index (χ4n) is 2.94. The molecule has 1 saturated heterocycles. The Kier molecular flexibility index (Phi) is 3.05. The Morgan fingerprint density at radius 1 is 1.32 bits per heavy atom. The fourth-order valence-corrected chi connectivity index (χ4v) is 3.23. The summed E-state index contributed by atoms with van der Waals surface area (Å²) in [5.74, 6) is 0.603. The molecule has 1 atom stereocenters. The number of amides is 1. The van der Waals surface area contributed by atoms with E-state index in [1.165, 1.54) is 5.56 Å². The molecule has 1 aromatic carbocycles. The highest BCUT2D eigenvalue weighted by Gasteiger charge is 2.55. The van der Waals surface area contributed by atoms with Crippen LogP contribution in [-0.4, -0.2) is 28.9 Å². The van der Waals surface area contributed by atoms with E-state index in [9.17, 15) is 4.79 Å². The van der Waals surface area contributed by atoms with Crippen LogP contribution in [0.1, 0.15) is 30.7 Å². The van der Waals surface area contributed by atoms with E-state index in [0.29, 0.717) is 10.9 Å². The van der Waals surface area contributed by atoms with Gasteiger partial charge < -0.3 is 10.6 Å². The number of thiocarbonyl (C=S) groups is 1. The Labute approximate surface area is 118 Å². The molecule has 1 aromatic rings. The predicted molar refractivity (Wildman–Crippen MR) is 78.8 cm³/mol. The van der Waals surface area contributed by atoms with Crippen molar-refractivity contribution in [3.8, 4) is 0 Å². The van der Waals surface area contributed by atoms with Gasteiger partial charge in [-0.1, -0.05) is 42.5 Å². The Morgan fingerprint density at radius 3 is 2.58 bits per heavy atom. The molecule has 0 radical (unpaired) electrons. The molecule has 0 aromatic heterocycles. The van der Waals surface area contributed by atoms with Gasteiger partial charge in [0.25, 0.3) is 0 Å². The average Bonchev–Trinajstić information content (AvgIpc) is 3.10. The molecule has 1 aliphatic heterocycles. The molecule has 3 rings (SSSR count). The highest BCUT2D eigenvalue weighted by molar-refractivity contribution is 7.80. The third-order valence-corrected chi connectivity index (χ3v) is 4.77. The van der Waals surface area contributed by atoms with Crippen molar-refractivity contribution in [3.63, 3.8) is 0 Å². The molecular formula is C15H18N2OS. The first-order valence-corrected chi connectivity index (χ1v) is 7.18. The minimum Gasteiger partial charge on any atom is -0.392 e. The van der Waals surface area contributed by atoms with E-state index in [1.54, 1.807) is 0 Å². The monoisotopic (exact) mass is 274 g/mol. The van der Waals surface area contributed by atoms with E-state index in [4.69, 9.17) is 18.0 Å². The molecule has 2 N–H and O–H groups in total. The lowest BCUT2D eigenvalue weighted by molar-refractivity contribution is -0.133. The number of nitrogens with zero attached hydrogens (tertiary/aromatic N) is 1. The van der Waals surface area contributed by atoms with Crippen LogP contribution in [0.4, 0.5) is 0 Å². The van der Waals surface area contributed by atoms with Gasteiger partial charge in [-0.2, -0.15) is 0 Å². The van der Waals surface area contributed by atoms with Crippen molar-refractivity contribution in [2.24, 2.45) is 11.1 Å². The lowest BCUT2D eigenvalue weighted by atomic mass is 9.99. The number of benzene rings is 1. The molecule has 1 heterocycles. The van der Waals surface area contributed by atoms with Gasteiger partial charge in [-0.25, -0.2) is 0 Å². The first-order chi connectivity index (χ1) is 9.13. The Bertz CT molecular complexity index is 510. The standard InChI is InChI=1S/C15H18N2OS/c16-13(19)15(7-8-15)14(18)17-9-6-12(10-17)11-4-2-1-3-5-11/h1-5,12H,6-10H2,(H2,16,19). The van der Waals surface area contributed by atoms with Crippen LogP contribution >= 0.6 is 12.2 Å². The topological polar surface area (TPSA) is 46.3 Å². The van der Waals surface area contributed by atoms with Crippen LogP contribution in [0, 0.1) is 5.41 Å². The molecule has 2 aliphatic rings. The second-order valence-electron chi connectivity index (χ2n) is 5.59. The maximum absolute atomic E-state index is 12.5. The molecule has 0 bridgehead atoms. The van der Waals surface area contributed by atoms with Crippen LogP contribution in [0.15, 0.2) is 30.3 Å². The molecule has 4 heteroatoms. The normalized spacial score (nSPS) is 24.2. The van der Waals surface area contributed by atoms with E-state index in [-0.39, 0.29) is 5.91 Å². The highest BCUT2D eigenvalue weighted by Crippen LogP contribution is 2.48. The van der Waals surface area contributed by atoms with Crippen molar-refractivity contribution in [1.29, 1.82) is 0 Å². The molecule has 0 spiro atoms. The van der Waals surface area contributed by atoms with Gasteiger partial charge in [-0.05, 0) is 24.8 Å². The van der Waals surface area contributed by atoms with Crippen molar-refractivity contribution < 1.29 is 4.79 Å². The van der Waals surface area contributed by atoms with Crippen molar-refractivity contribution >= 4 is 23.1 Å². The smallest absolute Gasteiger partial charge is 0.235 e. The van der Waals surface area contributed by atoms with Gasteiger partial charge >= 0.3 is 0 Å². The number of likely N-dealkylation sites (tertiary alicyclic amines) is 1. The van der Waals surface area contributed by atoms with Crippen molar-refractivity contribution in [2.45, 2.75) is 25.2 Å². The van der Waals surface area contributed by atoms with Crippen LogP contribution in [0.5, 0.6) is 0 Å². The molecule has 19 heavy (non-hydrogen) atoms. The lowest BCUT2D eigenvalue weighted by Gasteiger charge is -2.22. The van der Waals surface area contributed by atoms with E-state index in [1.807, 2.05) is 11.0 Å². The van der Waals surface area contributed by atoms with Crippen molar-refractivity contribution in [3.05, 3.63) is 35.9 Å². The van der Waals surface area contributed by atoms with E-state index in [2.05, 4.69) is 24.3 Å². The Balaban J connectivity index is 1.70. The van der Waals surface area contributed by atoms with Gasteiger partial charge in [0, 0.05) is 19.0 Å². The Morgan fingerprint density at radius 2 is 2.00 bits per heavy atom. The van der Waals surface area contributed by atoms with Crippen LogP contribution < -0.4 is 5.73 Å². The zero-order valence-electron chi connectivity index (χ0n) is 10.8. The quantitative estimate of drug-likeness (QED) is 0.858. The summed E-state index contributed by atoms with van der Waals surface area (Å²) in [6, 6.07) is 10.4. The fraction of sp³-hybridized carbons (Fsp3) is 0.467. The lowest BCUT2D eigenvalue weighted by Crippen LogP contribution is -2.41. The summed E-state index contributed by atoms with van der Waals surface area (Å²) in [5.41, 5.74) is 6.55. The number of nitrogens with two attached hydrogens (primary N) is 1. The molecule has 100 valence electrons. The van der Waals surface area contributed by atoms with Crippen LogP contribution in [-0.2, 0) is 4.79 Å². The second kappa shape index (κ2) is 4.60. The van der Waals surface area contributed by atoms with Crippen LogP contribution in [0.2, 0.25) is 0 Å². The molecule has 1 aliphatic carbocycles. The summed E-state index contributed by atoms with van der Waals surface area (Å²) >= 11 is 5.06. The maximum atomic E-state index is 12.5. The van der Waals surface area contributed by atoms with Crippen LogP contribution in [0.25, 0.3) is 0 Å². The van der Waals surface area contributed by atoms with E-state index >= 15 is 0 Å². The number of hydrogen-bond donors (Lipinski definition) is 1. The molecule has 3 nitrogen and oxygen atoms in total. The highest BCUT2D eigenvalue weighted by atomic mass is 32.1. The van der Waals surface area contributed by atoms with Gasteiger partial charge in [-0.3, -0.25) is 4.79 Å². The predicted octanol–water partition coefficient (Wildman–Crippen LogP) is 2.07. The van der Waals surface area contributed by atoms with Crippen molar-refractivity contribution in [1.82, 2.24) is 4.90 Å². The summed E-state index contributed by atoms with van der Waals surface area (Å²) in [4.78, 5) is 14.8. The third kappa shape index (κ3) is 2.14. The molecule has 1 amide bonds. The first-order valence-electron chi connectivity index (χ1n) is 6.78. The summed E-state index contributed by atoms with van der Waals surface area (Å²) in [7, 11) is 0. The van der Waals surface area contributed by atoms with Gasteiger partial charge in [0.2, 0.25) is 5.91 Å². The molecule has 1 unspecified atom stereocenters. The minimum atomic E-state index is -0.499. The zero-order chi connectivity index (χ0) is 13.5. The number of carbonyl (C=O) groups excluding carboxylic acids is 1. The summed E-state index contributed by atoms with van der Waals surface area (Å²) in [5, 5.41) is 0. The Hall–Kier alpha value is -1.42. The number of rotatable bonds is 3. The van der Waals surface area contributed by atoms with E-state index < -0.39 is 5.41 Å². The summed E-state index contributed by atoms with van der Waals surface area (Å²) in [6.45, 7) is 1.62. The summed E-state index contributed by atoms with van der Waals surface area (Å²) < 4.78 is 0. The molecule has 2 fully saturated rings. The van der Waals surface area contributed by atoms with Gasteiger partial charge in [-0.15, -0.1) is 0 Å². The van der Waals surface area contributed by atoms with Gasteiger partial charge in [0.1, 0.15) is 0 Å². The third-order valence-electron chi connectivity index (χ3n) is 4.38. The largest absolute Gasteiger partial charge is 0.392 e. The molecule has 1 saturated carbocycles. The summed E-state index contributed by atoms with van der Waals surface area (Å²) in [6.07, 6.45) is 2.69.